The van der Waals surface area contributed by atoms with E-state index in [9.17, 15) is 9.90 Å². The molecule has 1 aromatic heterocycles. The van der Waals surface area contributed by atoms with Gasteiger partial charge in [0, 0.05) is 33.7 Å². The summed E-state index contributed by atoms with van der Waals surface area (Å²) in [4.78, 5) is 14.5. The summed E-state index contributed by atoms with van der Waals surface area (Å²) in [7, 11) is 3.48. The molecule has 0 aliphatic carbocycles. The van der Waals surface area contributed by atoms with E-state index in [1.165, 1.54) is 5.56 Å². The zero-order valence-corrected chi connectivity index (χ0v) is 19.0. The van der Waals surface area contributed by atoms with Gasteiger partial charge in [-0.15, -0.1) is 0 Å². The van der Waals surface area contributed by atoms with Crippen LogP contribution < -0.4 is 15.7 Å². The molecule has 7 heteroatoms. The Balaban J connectivity index is 1.51. The fraction of sp³-hybridized carbons (Fsp3) is 0.458. The fourth-order valence-electron chi connectivity index (χ4n) is 3.72. The van der Waals surface area contributed by atoms with E-state index in [0.717, 1.165) is 55.1 Å². The van der Waals surface area contributed by atoms with Crippen LogP contribution in [0, 0.1) is 0 Å². The molecule has 3 rings (SSSR count). The number of imidazole rings is 1. The minimum Gasteiger partial charge on any atom is -0.491 e. The number of rotatable bonds is 11. The summed E-state index contributed by atoms with van der Waals surface area (Å²) in [5.41, 5.74) is 3.47. The Bertz CT molecular complexity index is 1040. The number of aryl methyl sites for hydroxylation is 2. The minimum atomic E-state index is -0.777. The second kappa shape index (κ2) is 10.6. The molecule has 2 aromatic carbocycles. The molecular formula is C24H34N4O3. The number of benzene rings is 2. The summed E-state index contributed by atoms with van der Waals surface area (Å²) < 4.78 is 8.97. The summed E-state index contributed by atoms with van der Waals surface area (Å²) in [6, 6.07) is 13.5. The normalized spacial score (nSPS) is 12.6. The molecular weight excluding hydrogens is 392 g/mol. The fourth-order valence-corrected chi connectivity index (χ4v) is 3.72. The van der Waals surface area contributed by atoms with E-state index in [2.05, 4.69) is 24.1 Å². The third-order valence-corrected chi connectivity index (χ3v) is 5.84. The van der Waals surface area contributed by atoms with Crippen molar-refractivity contribution in [3.05, 3.63) is 64.1 Å². The van der Waals surface area contributed by atoms with Gasteiger partial charge in [-0.05, 0) is 48.5 Å². The third kappa shape index (κ3) is 5.55. The predicted molar refractivity (Wildman–Crippen MR) is 125 cm³/mol. The SMILES string of the molecule is CCN(CC)CCNCc1ccc(OCC(O)c2ccc3c(c2)n(C)c(=O)n3C)cc1. The van der Waals surface area contributed by atoms with E-state index in [1.54, 1.807) is 23.2 Å². The van der Waals surface area contributed by atoms with Crippen LogP contribution >= 0.6 is 0 Å². The first-order valence-electron chi connectivity index (χ1n) is 10.9. The van der Waals surface area contributed by atoms with E-state index in [-0.39, 0.29) is 12.3 Å². The maximum Gasteiger partial charge on any atom is 0.328 e. The van der Waals surface area contributed by atoms with Crippen LogP contribution in [0.2, 0.25) is 0 Å². The first kappa shape index (κ1) is 23.1. The number of likely N-dealkylation sites (N-methyl/N-ethyl adjacent to an activating group) is 1. The molecule has 0 bridgehead atoms. The van der Waals surface area contributed by atoms with Crippen molar-refractivity contribution in [3.63, 3.8) is 0 Å². The zero-order valence-electron chi connectivity index (χ0n) is 19.0. The molecule has 31 heavy (non-hydrogen) atoms. The van der Waals surface area contributed by atoms with E-state index in [0.29, 0.717) is 0 Å². The Morgan fingerprint density at radius 1 is 1.03 bits per heavy atom. The molecule has 0 aliphatic heterocycles. The monoisotopic (exact) mass is 426 g/mol. The molecule has 0 saturated carbocycles. The molecule has 0 fully saturated rings. The number of aliphatic hydroxyl groups excluding tert-OH is 1. The molecule has 0 radical (unpaired) electrons. The van der Waals surface area contributed by atoms with Crippen LogP contribution in [0.3, 0.4) is 0 Å². The van der Waals surface area contributed by atoms with Gasteiger partial charge in [0.25, 0.3) is 0 Å². The lowest BCUT2D eigenvalue weighted by Gasteiger charge is -2.18. The highest BCUT2D eigenvalue weighted by Crippen LogP contribution is 2.21. The number of aromatic nitrogens is 2. The second-order valence-electron chi connectivity index (χ2n) is 7.82. The summed E-state index contributed by atoms with van der Waals surface area (Å²) >= 11 is 0. The number of nitrogens with zero attached hydrogens (tertiary/aromatic N) is 3. The standard InChI is InChI=1S/C24H34N4O3/c1-5-28(6-2)14-13-25-16-18-7-10-20(11-8-18)31-17-23(29)19-9-12-21-22(15-19)27(4)24(30)26(21)3/h7-12,15,23,25,29H,5-6,13-14,16-17H2,1-4H3. The van der Waals surface area contributed by atoms with E-state index >= 15 is 0 Å². The van der Waals surface area contributed by atoms with Crippen LogP contribution in [0.1, 0.15) is 31.1 Å². The second-order valence-corrected chi connectivity index (χ2v) is 7.82. The molecule has 168 valence electrons. The Morgan fingerprint density at radius 3 is 2.39 bits per heavy atom. The number of aliphatic hydroxyl groups is 1. The lowest BCUT2D eigenvalue weighted by atomic mass is 10.1. The molecule has 0 aliphatic rings. The van der Waals surface area contributed by atoms with Crippen molar-refractivity contribution in [1.29, 1.82) is 0 Å². The highest BCUT2D eigenvalue weighted by Gasteiger charge is 2.13. The predicted octanol–water partition coefficient (Wildman–Crippen LogP) is 2.42. The Hall–Kier alpha value is -2.61. The Kier molecular flexibility index (Phi) is 7.90. The van der Waals surface area contributed by atoms with Crippen LogP contribution in [-0.4, -0.2) is 51.9 Å². The van der Waals surface area contributed by atoms with Crippen LogP contribution in [0.25, 0.3) is 11.0 Å². The van der Waals surface area contributed by atoms with E-state index in [1.807, 2.05) is 42.5 Å². The van der Waals surface area contributed by atoms with Crippen LogP contribution in [0.5, 0.6) is 5.75 Å². The van der Waals surface area contributed by atoms with Crippen molar-refractivity contribution in [3.8, 4) is 5.75 Å². The van der Waals surface area contributed by atoms with Crippen molar-refractivity contribution in [2.45, 2.75) is 26.5 Å². The average molecular weight is 427 g/mol. The van der Waals surface area contributed by atoms with Crippen molar-refractivity contribution in [2.24, 2.45) is 14.1 Å². The maximum absolute atomic E-state index is 12.1. The zero-order chi connectivity index (χ0) is 22.4. The van der Waals surface area contributed by atoms with Gasteiger partial charge in [-0.3, -0.25) is 9.13 Å². The highest BCUT2D eigenvalue weighted by molar-refractivity contribution is 5.76. The van der Waals surface area contributed by atoms with Gasteiger partial charge in [0.05, 0.1) is 11.0 Å². The average Bonchev–Trinajstić information content (AvgIpc) is 3.02. The van der Waals surface area contributed by atoms with Gasteiger partial charge >= 0.3 is 5.69 Å². The smallest absolute Gasteiger partial charge is 0.328 e. The highest BCUT2D eigenvalue weighted by atomic mass is 16.5. The molecule has 3 aromatic rings. The molecule has 1 atom stereocenters. The number of nitrogens with one attached hydrogen (secondary N) is 1. The first-order valence-corrected chi connectivity index (χ1v) is 10.9. The molecule has 0 amide bonds. The maximum atomic E-state index is 12.1. The van der Waals surface area contributed by atoms with Gasteiger partial charge in [-0.25, -0.2) is 4.79 Å². The lowest BCUT2D eigenvalue weighted by molar-refractivity contribution is 0.108. The summed E-state index contributed by atoms with van der Waals surface area (Å²) in [5.74, 6) is 0.721. The number of hydrogen-bond donors (Lipinski definition) is 2. The first-order chi connectivity index (χ1) is 14.9. The van der Waals surface area contributed by atoms with Crippen LogP contribution in [0.4, 0.5) is 0 Å². The topological polar surface area (TPSA) is 71.7 Å². The number of fused-ring (bicyclic) bond motifs is 1. The van der Waals surface area contributed by atoms with E-state index in [4.69, 9.17) is 4.74 Å². The van der Waals surface area contributed by atoms with Crippen molar-refractivity contribution < 1.29 is 9.84 Å². The summed E-state index contributed by atoms with van der Waals surface area (Å²) in [6.07, 6.45) is -0.777. The molecule has 7 nitrogen and oxygen atoms in total. The molecule has 1 unspecified atom stereocenters. The Labute approximate surface area is 183 Å². The van der Waals surface area contributed by atoms with Crippen LogP contribution in [-0.2, 0) is 20.6 Å². The Morgan fingerprint density at radius 2 is 1.71 bits per heavy atom. The number of hydrogen-bond acceptors (Lipinski definition) is 5. The lowest BCUT2D eigenvalue weighted by Crippen LogP contribution is -2.31. The van der Waals surface area contributed by atoms with Gasteiger partial charge in [0.1, 0.15) is 18.5 Å². The third-order valence-electron chi connectivity index (χ3n) is 5.84. The summed E-state index contributed by atoms with van der Waals surface area (Å²) in [6.45, 7) is 9.50. The van der Waals surface area contributed by atoms with Crippen molar-refractivity contribution in [2.75, 3.05) is 32.8 Å². The molecule has 2 N–H and O–H groups in total. The van der Waals surface area contributed by atoms with Crippen molar-refractivity contribution in [1.82, 2.24) is 19.4 Å². The molecule has 1 heterocycles. The van der Waals surface area contributed by atoms with Crippen molar-refractivity contribution >= 4 is 11.0 Å². The van der Waals surface area contributed by atoms with Gasteiger partial charge in [-0.2, -0.15) is 0 Å². The number of ether oxygens (including phenoxy) is 1. The molecule has 0 spiro atoms. The minimum absolute atomic E-state index is 0.0828. The summed E-state index contributed by atoms with van der Waals surface area (Å²) in [5, 5.41) is 14.0. The van der Waals surface area contributed by atoms with Gasteiger partial charge in [0.2, 0.25) is 0 Å². The van der Waals surface area contributed by atoms with Gasteiger partial charge < -0.3 is 20.1 Å². The van der Waals surface area contributed by atoms with Gasteiger partial charge in [0.15, 0.2) is 0 Å². The molecule has 0 saturated heterocycles. The quantitative estimate of drug-likeness (QED) is 0.461. The van der Waals surface area contributed by atoms with E-state index < -0.39 is 6.10 Å². The van der Waals surface area contributed by atoms with Crippen LogP contribution in [0.15, 0.2) is 47.3 Å². The largest absolute Gasteiger partial charge is 0.491 e. The van der Waals surface area contributed by atoms with Gasteiger partial charge in [-0.1, -0.05) is 32.0 Å².